The summed E-state index contributed by atoms with van der Waals surface area (Å²) in [5, 5.41) is 0. The quantitative estimate of drug-likeness (QED) is 0.355. The number of aryl methyl sites for hydroxylation is 1. The van der Waals surface area contributed by atoms with Gasteiger partial charge in [0.2, 0.25) is 0 Å². The van der Waals surface area contributed by atoms with Crippen molar-refractivity contribution in [2.45, 2.75) is 12.8 Å². The lowest BCUT2D eigenvalue weighted by Crippen LogP contribution is -2.32. The molecule has 0 spiro atoms. The third-order valence-electron chi connectivity index (χ3n) is 4.06. The van der Waals surface area contributed by atoms with Crippen molar-refractivity contribution in [1.82, 2.24) is 0 Å². The van der Waals surface area contributed by atoms with Gasteiger partial charge in [-0.3, -0.25) is 9.59 Å². The summed E-state index contributed by atoms with van der Waals surface area (Å²) in [6.07, 6.45) is 0.876. The molecule has 0 aliphatic heterocycles. The first-order valence-corrected chi connectivity index (χ1v) is 8.80. The molecular formula is C23H20O4. The van der Waals surface area contributed by atoms with Crippen molar-refractivity contribution < 1.29 is 19.1 Å². The summed E-state index contributed by atoms with van der Waals surface area (Å²) in [6.45, 7) is 0. The molecule has 0 N–H and O–H groups in total. The lowest BCUT2D eigenvalue weighted by Gasteiger charge is -2.15. The summed E-state index contributed by atoms with van der Waals surface area (Å²) >= 11 is 0. The summed E-state index contributed by atoms with van der Waals surface area (Å²) < 4.78 is 10.8. The van der Waals surface area contributed by atoms with Crippen LogP contribution in [-0.4, -0.2) is 11.9 Å². The number of rotatable bonds is 7. The third-order valence-corrected chi connectivity index (χ3v) is 4.06. The van der Waals surface area contributed by atoms with Crippen molar-refractivity contribution in [3.63, 3.8) is 0 Å². The van der Waals surface area contributed by atoms with Crippen molar-refractivity contribution >= 4 is 11.9 Å². The zero-order valence-corrected chi connectivity index (χ0v) is 14.8. The van der Waals surface area contributed by atoms with Crippen LogP contribution in [0.2, 0.25) is 0 Å². The predicted molar refractivity (Wildman–Crippen MR) is 102 cm³/mol. The molecule has 27 heavy (non-hydrogen) atoms. The standard InChI is InChI=1S/C23H20O4/c24-22(26-19-12-6-2-7-13-19)21(17-16-18-10-4-1-5-11-18)23(25)27-20-14-8-3-9-15-20/h1-15,21H,16-17H2. The fraction of sp³-hybridized carbons (Fsp3) is 0.130. The van der Waals surface area contributed by atoms with Crippen LogP contribution in [0.1, 0.15) is 12.0 Å². The molecule has 0 amide bonds. The zero-order chi connectivity index (χ0) is 18.9. The Morgan fingerprint density at radius 2 is 1.04 bits per heavy atom. The largest absolute Gasteiger partial charge is 0.426 e. The van der Waals surface area contributed by atoms with E-state index in [1.807, 2.05) is 42.5 Å². The van der Waals surface area contributed by atoms with Crippen LogP contribution in [0.3, 0.4) is 0 Å². The number of hydrogen-bond acceptors (Lipinski definition) is 4. The van der Waals surface area contributed by atoms with Crippen molar-refractivity contribution in [3.05, 3.63) is 96.6 Å². The fourth-order valence-corrected chi connectivity index (χ4v) is 2.64. The van der Waals surface area contributed by atoms with E-state index in [4.69, 9.17) is 9.47 Å². The highest BCUT2D eigenvalue weighted by molar-refractivity contribution is 5.96. The SMILES string of the molecule is O=C(Oc1ccccc1)C(CCc1ccccc1)C(=O)Oc1ccccc1. The summed E-state index contributed by atoms with van der Waals surface area (Å²) in [4.78, 5) is 25.3. The molecule has 0 bridgehead atoms. The molecule has 0 saturated heterocycles. The second-order valence-corrected chi connectivity index (χ2v) is 6.05. The molecule has 0 aliphatic rings. The van der Waals surface area contributed by atoms with Gasteiger partial charge in [0.25, 0.3) is 0 Å². The number of esters is 2. The lowest BCUT2D eigenvalue weighted by atomic mass is 9.99. The van der Waals surface area contributed by atoms with E-state index in [0.29, 0.717) is 24.3 Å². The first-order chi connectivity index (χ1) is 13.2. The summed E-state index contributed by atoms with van der Waals surface area (Å²) in [5.74, 6) is -1.43. The maximum absolute atomic E-state index is 12.6. The van der Waals surface area contributed by atoms with E-state index in [0.717, 1.165) is 5.56 Å². The minimum Gasteiger partial charge on any atom is -0.426 e. The number of ether oxygens (including phenoxy) is 2. The van der Waals surface area contributed by atoms with Crippen LogP contribution in [0.25, 0.3) is 0 Å². The molecule has 0 aliphatic carbocycles. The van der Waals surface area contributed by atoms with E-state index in [9.17, 15) is 9.59 Å². The number of benzene rings is 3. The maximum Gasteiger partial charge on any atom is 0.325 e. The molecule has 4 nitrogen and oxygen atoms in total. The first-order valence-electron chi connectivity index (χ1n) is 8.80. The van der Waals surface area contributed by atoms with E-state index >= 15 is 0 Å². The molecule has 136 valence electrons. The minimum absolute atomic E-state index is 0.307. The molecule has 0 unspecified atom stereocenters. The Kier molecular flexibility index (Phi) is 6.36. The van der Waals surface area contributed by atoms with Crippen molar-refractivity contribution in [2.75, 3.05) is 0 Å². The van der Waals surface area contributed by atoms with Crippen LogP contribution in [0.4, 0.5) is 0 Å². The van der Waals surface area contributed by atoms with Gasteiger partial charge in [0.1, 0.15) is 11.5 Å². The van der Waals surface area contributed by atoms with Gasteiger partial charge in [0.15, 0.2) is 5.92 Å². The number of carbonyl (C=O) groups excluding carboxylic acids is 2. The van der Waals surface area contributed by atoms with Gasteiger partial charge >= 0.3 is 11.9 Å². The van der Waals surface area contributed by atoms with Crippen LogP contribution in [-0.2, 0) is 16.0 Å². The van der Waals surface area contributed by atoms with E-state index in [1.54, 1.807) is 48.5 Å². The Morgan fingerprint density at radius 3 is 1.48 bits per heavy atom. The predicted octanol–water partition coefficient (Wildman–Crippen LogP) is 4.45. The topological polar surface area (TPSA) is 52.6 Å². The van der Waals surface area contributed by atoms with Gasteiger partial charge in [-0.2, -0.15) is 0 Å². The Morgan fingerprint density at radius 1 is 0.630 bits per heavy atom. The summed E-state index contributed by atoms with van der Waals surface area (Å²) in [7, 11) is 0. The molecule has 3 rings (SSSR count). The Bertz CT molecular complexity index is 807. The Labute approximate surface area is 158 Å². The molecule has 0 atom stereocenters. The second kappa shape index (κ2) is 9.34. The van der Waals surface area contributed by atoms with Crippen molar-refractivity contribution in [3.8, 4) is 11.5 Å². The highest BCUT2D eigenvalue weighted by Crippen LogP contribution is 2.19. The van der Waals surface area contributed by atoms with Crippen molar-refractivity contribution in [2.24, 2.45) is 5.92 Å². The number of para-hydroxylation sites is 2. The third kappa shape index (κ3) is 5.54. The van der Waals surface area contributed by atoms with Gasteiger partial charge < -0.3 is 9.47 Å². The number of hydrogen-bond donors (Lipinski definition) is 0. The monoisotopic (exact) mass is 360 g/mol. The molecule has 0 saturated carbocycles. The average Bonchev–Trinajstić information content (AvgIpc) is 2.70. The van der Waals surface area contributed by atoms with Gasteiger partial charge in [-0.15, -0.1) is 0 Å². The van der Waals surface area contributed by atoms with Crippen LogP contribution in [0.5, 0.6) is 11.5 Å². The first kappa shape index (κ1) is 18.4. The van der Waals surface area contributed by atoms with Gasteiger partial charge in [0.05, 0.1) is 0 Å². The van der Waals surface area contributed by atoms with E-state index in [1.165, 1.54) is 0 Å². The van der Waals surface area contributed by atoms with Gasteiger partial charge in [-0.25, -0.2) is 0 Å². The van der Waals surface area contributed by atoms with E-state index in [-0.39, 0.29) is 0 Å². The highest BCUT2D eigenvalue weighted by Gasteiger charge is 2.30. The molecule has 3 aromatic rings. The molecule has 0 aromatic heterocycles. The minimum atomic E-state index is -1.01. The zero-order valence-electron chi connectivity index (χ0n) is 14.8. The second-order valence-electron chi connectivity index (χ2n) is 6.05. The van der Waals surface area contributed by atoms with Crippen LogP contribution in [0, 0.1) is 5.92 Å². The molecule has 4 heteroatoms. The molecule has 0 fully saturated rings. The smallest absolute Gasteiger partial charge is 0.325 e. The molecule has 3 aromatic carbocycles. The van der Waals surface area contributed by atoms with Gasteiger partial charge in [0, 0.05) is 0 Å². The maximum atomic E-state index is 12.6. The fourth-order valence-electron chi connectivity index (χ4n) is 2.64. The molecular weight excluding hydrogens is 340 g/mol. The number of carbonyl (C=O) groups is 2. The van der Waals surface area contributed by atoms with Gasteiger partial charge in [-0.05, 0) is 42.7 Å². The molecule has 0 heterocycles. The van der Waals surface area contributed by atoms with Crippen LogP contribution >= 0.6 is 0 Å². The summed E-state index contributed by atoms with van der Waals surface area (Å²) in [6, 6.07) is 27.1. The van der Waals surface area contributed by atoms with Crippen molar-refractivity contribution in [1.29, 1.82) is 0 Å². The normalized spacial score (nSPS) is 10.4. The lowest BCUT2D eigenvalue weighted by molar-refractivity contribution is -0.151. The Hall–Kier alpha value is -3.40. The van der Waals surface area contributed by atoms with Gasteiger partial charge in [-0.1, -0.05) is 66.7 Å². The van der Waals surface area contributed by atoms with E-state index in [2.05, 4.69) is 0 Å². The average molecular weight is 360 g/mol. The van der Waals surface area contributed by atoms with Crippen LogP contribution < -0.4 is 9.47 Å². The molecule has 0 radical (unpaired) electrons. The van der Waals surface area contributed by atoms with E-state index < -0.39 is 17.9 Å². The Balaban J connectivity index is 1.72. The van der Waals surface area contributed by atoms with Crippen LogP contribution in [0.15, 0.2) is 91.0 Å². The summed E-state index contributed by atoms with van der Waals surface area (Å²) in [5.41, 5.74) is 1.04. The highest BCUT2D eigenvalue weighted by atomic mass is 16.6.